The molecule has 0 saturated carbocycles. The molecule has 5 nitrogen and oxygen atoms in total. The first-order valence-corrected chi connectivity index (χ1v) is 4.49. The van der Waals surface area contributed by atoms with Gasteiger partial charge in [0.1, 0.15) is 11.9 Å². The summed E-state index contributed by atoms with van der Waals surface area (Å²) in [7, 11) is 0. The molecule has 0 aliphatic carbocycles. The molecular weight excluding hydrogens is 278 g/mol. The second-order valence-electron chi connectivity index (χ2n) is 2.54. The Hall–Kier alpha value is -1.15. The molecule has 0 atom stereocenters. The lowest BCUT2D eigenvalue weighted by molar-refractivity contribution is -0.386. The van der Waals surface area contributed by atoms with Gasteiger partial charge < -0.3 is 5.11 Å². The molecule has 1 heterocycles. The third kappa shape index (κ3) is 2.26. The molecule has 1 aromatic heterocycles. The van der Waals surface area contributed by atoms with Gasteiger partial charge in [0, 0.05) is 0 Å². The molecule has 15 heavy (non-hydrogen) atoms. The summed E-state index contributed by atoms with van der Waals surface area (Å²) < 4.78 is 24.4. The maximum absolute atomic E-state index is 12.3. The lowest BCUT2D eigenvalue weighted by Gasteiger charge is -2.06. The highest BCUT2D eigenvalue weighted by molar-refractivity contribution is 9.10. The number of nitrogens with zero attached hydrogens (tertiary/aromatic N) is 2. The van der Waals surface area contributed by atoms with Crippen LogP contribution in [-0.4, -0.2) is 15.0 Å². The summed E-state index contributed by atoms with van der Waals surface area (Å²) in [6.45, 7) is -0.709. The quantitative estimate of drug-likeness (QED) is 0.681. The van der Waals surface area contributed by atoms with E-state index < -0.39 is 29.3 Å². The smallest absolute Gasteiger partial charge is 0.294 e. The van der Waals surface area contributed by atoms with E-state index in [9.17, 15) is 18.9 Å². The Morgan fingerprint density at radius 2 is 2.27 bits per heavy atom. The third-order valence-corrected chi connectivity index (χ3v) is 2.57. The van der Waals surface area contributed by atoms with Crippen LogP contribution in [0.4, 0.5) is 14.5 Å². The number of halogens is 3. The highest BCUT2D eigenvalue weighted by Crippen LogP contribution is 2.33. The second kappa shape index (κ2) is 4.58. The Bertz CT molecular complexity index is 400. The molecule has 0 aromatic carbocycles. The molecule has 0 amide bonds. The van der Waals surface area contributed by atoms with Crippen molar-refractivity contribution in [3.8, 4) is 0 Å². The van der Waals surface area contributed by atoms with Gasteiger partial charge in [-0.1, -0.05) is 0 Å². The van der Waals surface area contributed by atoms with E-state index in [2.05, 4.69) is 20.9 Å². The number of pyridine rings is 1. The van der Waals surface area contributed by atoms with Gasteiger partial charge in [-0.2, -0.15) is 0 Å². The fourth-order valence-corrected chi connectivity index (χ4v) is 1.60. The summed E-state index contributed by atoms with van der Waals surface area (Å²) in [5, 5.41) is 19.3. The summed E-state index contributed by atoms with van der Waals surface area (Å²) in [5.74, 6) is 0. The van der Waals surface area contributed by atoms with E-state index >= 15 is 0 Å². The highest BCUT2D eigenvalue weighted by atomic mass is 79.9. The van der Waals surface area contributed by atoms with Gasteiger partial charge in [-0.05, 0) is 15.9 Å². The number of aromatic nitrogens is 1. The number of rotatable bonds is 3. The molecule has 0 fully saturated rings. The topological polar surface area (TPSA) is 76.3 Å². The molecule has 82 valence electrons. The number of hydrogen-bond acceptors (Lipinski definition) is 4. The van der Waals surface area contributed by atoms with E-state index in [4.69, 9.17) is 5.11 Å². The molecule has 8 heteroatoms. The maximum atomic E-state index is 12.3. The minimum absolute atomic E-state index is 0.203. The number of aliphatic hydroxyl groups excluding tert-OH is 1. The Morgan fingerprint density at radius 3 is 2.67 bits per heavy atom. The van der Waals surface area contributed by atoms with Crippen molar-refractivity contribution in [2.24, 2.45) is 0 Å². The first-order chi connectivity index (χ1) is 6.99. The van der Waals surface area contributed by atoms with Gasteiger partial charge in [0.2, 0.25) is 0 Å². The largest absolute Gasteiger partial charge is 0.391 e. The van der Waals surface area contributed by atoms with Crippen LogP contribution in [0.2, 0.25) is 0 Å². The van der Waals surface area contributed by atoms with Crippen LogP contribution in [0.5, 0.6) is 0 Å². The zero-order valence-electron chi connectivity index (χ0n) is 7.15. The third-order valence-electron chi connectivity index (χ3n) is 1.69. The minimum atomic E-state index is -2.86. The normalized spacial score (nSPS) is 10.7. The van der Waals surface area contributed by atoms with Gasteiger partial charge in [-0.15, -0.1) is 0 Å². The number of alkyl halides is 2. The van der Waals surface area contributed by atoms with Gasteiger partial charge in [-0.25, -0.2) is 13.8 Å². The Morgan fingerprint density at radius 1 is 1.67 bits per heavy atom. The van der Waals surface area contributed by atoms with Crippen molar-refractivity contribution in [3.05, 3.63) is 32.0 Å². The summed E-state index contributed by atoms with van der Waals surface area (Å²) in [6.07, 6.45) is -2.15. The van der Waals surface area contributed by atoms with Gasteiger partial charge in [0.15, 0.2) is 0 Å². The van der Waals surface area contributed by atoms with E-state index in [1.54, 1.807) is 0 Å². The molecule has 1 aromatic rings. The monoisotopic (exact) mass is 282 g/mol. The lowest BCUT2D eigenvalue weighted by atomic mass is 10.2. The molecular formula is C7H5BrF2N2O3. The fourth-order valence-electron chi connectivity index (χ4n) is 0.992. The van der Waals surface area contributed by atoms with Crippen LogP contribution >= 0.6 is 15.9 Å². The van der Waals surface area contributed by atoms with Crippen LogP contribution in [0, 0.1) is 10.1 Å². The highest BCUT2D eigenvalue weighted by Gasteiger charge is 2.23. The van der Waals surface area contributed by atoms with Crippen LogP contribution in [0.3, 0.4) is 0 Å². The predicted molar refractivity (Wildman–Crippen MR) is 49.5 cm³/mol. The molecule has 1 rings (SSSR count). The first-order valence-electron chi connectivity index (χ1n) is 3.69. The molecule has 0 aliphatic rings. The zero-order chi connectivity index (χ0) is 11.6. The fraction of sp³-hybridized carbons (Fsp3) is 0.286. The average Bonchev–Trinajstić information content (AvgIpc) is 2.16. The molecule has 1 N–H and O–H groups in total. The summed E-state index contributed by atoms with van der Waals surface area (Å²) in [5.41, 5.74) is -1.32. The summed E-state index contributed by atoms with van der Waals surface area (Å²) in [6, 6.07) is 0. The van der Waals surface area contributed by atoms with Crippen molar-refractivity contribution in [1.82, 2.24) is 4.98 Å². The first kappa shape index (κ1) is 11.9. The van der Waals surface area contributed by atoms with E-state index in [0.717, 1.165) is 0 Å². The van der Waals surface area contributed by atoms with E-state index in [1.165, 1.54) is 0 Å². The molecule has 0 bridgehead atoms. The Balaban J connectivity index is 3.39. The lowest BCUT2D eigenvalue weighted by Crippen LogP contribution is -2.02. The van der Waals surface area contributed by atoms with E-state index in [-0.39, 0.29) is 10.0 Å². The predicted octanol–water partition coefficient (Wildman–Crippen LogP) is 2.18. The van der Waals surface area contributed by atoms with Crippen molar-refractivity contribution in [3.63, 3.8) is 0 Å². The van der Waals surface area contributed by atoms with E-state index in [0.29, 0.717) is 6.20 Å². The van der Waals surface area contributed by atoms with Gasteiger partial charge >= 0.3 is 0 Å². The van der Waals surface area contributed by atoms with Crippen molar-refractivity contribution in [1.29, 1.82) is 0 Å². The maximum Gasteiger partial charge on any atom is 0.294 e. The Kier molecular flexibility index (Phi) is 3.64. The van der Waals surface area contributed by atoms with Crippen molar-refractivity contribution in [2.45, 2.75) is 13.0 Å². The summed E-state index contributed by atoms with van der Waals surface area (Å²) in [4.78, 5) is 12.9. The van der Waals surface area contributed by atoms with Crippen molar-refractivity contribution < 1.29 is 18.8 Å². The average molecular weight is 283 g/mol. The van der Waals surface area contributed by atoms with Crippen LogP contribution in [0.25, 0.3) is 0 Å². The zero-order valence-corrected chi connectivity index (χ0v) is 8.74. The molecule has 0 unspecified atom stereocenters. The van der Waals surface area contributed by atoms with Crippen LogP contribution < -0.4 is 0 Å². The van der Waals surface area contributed by atoms with Crippen molar-refractivity contribution >= 4 is 21.6 Å². The van der Waals surface area contributed by atoms with Crippen LogP contribution in [0.1, 0.15) is 17.7 Å². The van der Waals surface area contributed by atoms with E-state index in [1.807, 2.05) is 0 Å². The van der Waals surface area contributed by atoms with Crippen LogP contribution in [0.15, 0.2) is 10.7 Å². The number of aliphatic hydroxyl groups is 1. The standard InChI is InChI=1S/C7H5BrF2N2O3/c8-5-3(2-13)4(12(14)15)1-11-6(5)7(9)10/h1,7,13H,2H2. The molecule has 0 spiro atoms. The van der Waals surface area contributed by atoms with Gasteiger partial charge in [0.25, 0.3) is 12.1 Å². The molecule has 0 saturated heterocycles. The van der Waals surface area contributed by atoms with Crippen LogP contribution in [-0.2, 0) is 6.61 Å². The number of nitro groups is 1. The molecule has 0 radical (unpaired) electrons. The Labute approximate surface area is 91.0 Å². The van der Waals surface area contributed by atoms with Gasteiger partial charge in [0.05, 0.1) is 21.6 Å². The summed E-state index contributed by atoms with van der Waals surface area (Å²) >= 11 is 2.75. The number of hydrogen-bond donors (Lipinski definition) is 1. The minimum Gasteiger partial charge on any atom is -0.391 e. The van der Waals surface area contributed by atoms with Crippen molar-refractivity contribution in [2.75, 3.05) is 0 Å². The molecule has 0 aliphatic heterocycles. The van der Waals surface area contributed by atoms with Gasteiger partial charge in [-0.3, -0.25) is 10.1 Å². The SMILES string of the molecule is O=[N+]([O-])c1cnc(C(F)F)c(Br)c1CO. The second-order valence-corrected chi connectivity index (χ2v) is 3.33.